The number of para-hydroxylation sites is 1. The molecule has 6 heteroatoms. The summed E-state index contributed by atoms with van der Waals surface area (Å²) in [6.07, 6.45) is 2.32. The van der Waals surface area contributed by atoms with Crippen LogP contribution in [0.1, 0.15) is 29.0 Å². The number of carboxylic acid groups (broad SMARTS) is 1. The third-order valence-electron chi connectivity index (χ3n) is 3.19. The Hall–Kier alpha value is -2.63. The van der Waals surface area contributed by atoms with Crippen LogP contribution in [0.5, 0.6) is 0 Å². The van der Waals surface area contributed by atoms with Gasteiger partial charge in [0.25, 0.3) is 0 Å². The molecule has 3 rings (SSSR count). The van der Waals surface area contributed by atoms with Crippen LogP contribution >= 0.6 is 0 Å². The molecule has 0 radical (unpaired) electrons. The molecule has 1 heterocycles. The van der Waals surface area contributed by atoms with E-state index in [0.29, 0.717) is 23.4 Å². The second-order valence-electron chi connectivity index (χ2n) is 5.08. The second-order valence-corrected chi connectivity index (χ2v) is 5.08. The second kappa shape index (κ2) is 5.40. The molecule has 0 saturated heterocycles. The van der Waals surface area contributed by atoms with E-state index >= 15 is 0 Å². The average molecular weight is 284 g/mol. The summed E-state index contributed by atoms with van der Waals surface area (Å²) in [5.41, 5.74) is 0.728. The average Bonchev–Trinajstić information content (AvgIpc) is 3.22. The molecular weight excluding hydrogens is 268 g/mol. The first-order valence-electron chi connectivity index (χ1n) is 6.83. The smallest absolute Gasteiger partial charge is 0.337 e. The number of hydrogen-bond acceptors (Lipinski definition) is 5. The summed E-state index contributed by atoms with van der Waals surface area (Å²) in [5, 5.41) is 15.6. The number of nitrogens with one attached hydrogen (secondary N) is 2. The Kier molecular flexibility index (Phi) is 3.43. The standard InChI is InChI=1S/C15H16N4O2/c1-9-16-13(18-10-6-7-10)8-14(17-9)19-12-5-3-2-4-11(12)15(20)21/h2-5,8,10H,6-7H2,1H3,(H,20,21)(H2,16,17,18,19). The van der Waals surface area contributed by atoms with Gasteiger partial charge in [-0.3, -0.25) is 0 Å². The maximum Gasteiger partial charge on any atom is 0.337 e. The van der Waals surface area contributed by atoms with Crippen molar-refractivity contribution in [3.05, 3.63) is 41.7 Å². The summed E-state index contributed by atoms with van der Waals surface area (Å²) < 4.78 is 0. The van der Waals surface area contributed by atoms with Gasteiger partial charge in [-0.25, -0.2) is 14.8 Å². The van der Waals surface area contributed by atoms with Crippen molar-refractivity contribution in [3.63, 3.8) is 0 Å². The minimum atomic E-state index is -0.972. The molecule has 1 aromatic carbocycles. The number of hydrogen-bond donors (Lipinski definition) is 3. The molecule has 1 fully saturated rings. The lowest BCUT2D eigenvalue weighted by atomic mass is 10.2. The molecule has 108 valence electrons. The van der Waals surface area contributed by atoms with Gasteiger partial charge in [-0.15, -0.1) is 0 Å². The molecule has 1 saturated carbocycles. The minimum absolute atomic E-state index is 0.213. The summed E-state index contributed by atoms with van der Waals surface area (Å²) in [5.74, 6) is 1.01. The highest BCUT2D eigenvalue weighted by Crippen LogP contribution is 2.26. The lowest BCUT2D eigenvalue weighted by molar-refractivity contribution is 0.0698. The van der Waals surface area contributed by atoms with E-state index in [-0.39, 0.29) is 5.56 Å². The van der Waals surface area contributed by atoms with E-state index in [0.717, 1.165) is 18.7 Å². The number of carbonyl (C=O) groups is 1. The summed E-state index contributed by atoms with van der Waals surface area (Å²) in [6.45, 7) is 1.81. The topological polar surface area (TPSA) is 87.1 Å². The monoisotopic (exact) mass is 284 g/mol. The molecule has 1 aliphatic carbocycles. The lowest BCUT2D eigenvalue weighted by Crippen LogP contribution is -2.07. The molecule has 21 heavy (non-hydrogen) atoms. The molecule has 0 unspecified atom stereocenters. The minimum Gasteiger partial charge on any atom is -0.478 e. The molecule has 1 aromatic heterocycles. The molecule has 0 bridgehead atoms. The Morgan fingerprint density at radius 1 is 1.24 bits per heavy atom. The van der Waals surface area contributed by atoms with Crippen LogP contribution in [0.15, 0.2) is 30.3 Å². The van der Waals surface area contributed by atoms with E-state index in [1.165, 1.54) is 0 Å². The zero-order chi connectivity index (χ0) is 14.8. The normalized spacial score (nSPS) is 13.8. The Labute approximate surface area is 122 Å². The van der Waals surface area contributed by atoms with Crippen LogP contribution in [0.3, 0.4) is 0 Å². The van der Waals surface area contributed by atoms with E-state index < -0.39 is 5.97 Å². The van der Waals surface area contributed by atoms with Crippen molar-refractivity contribution in [1.29, 1.82) is 0 Å². The molecule has 3 N–H and O–H groups in total. The number of carboxylic acids is 1. The van der Waals surface area contributed by atoms with E-state index in [1.54, 1.807) is 30.3 Å². The molecule has 0 atom stereocenters. The number of aromatic carboxylic acids is 1. The van der Waals surface area contributed by atoms with E-state index in [4.69, 9.17) is 0 Å². The van der Waals surface area contributed by atoms with E-state index in [9.17, 15) is 9.90 Å². The van der Waals surface area contributed by atoms with Gasteiger partial charge in [-0.05, 0) is 31.9 Å². The predicted octanol–water partition coefficient (Wildman–Crippen LogP) is 2.80. The van der Waals surface area contributed by atoms with Crippen molar-refractivity contribution in [3.8, 4) is 0 Å². The van der Waals surface area contributed by atoms with Crippen LogP contribution in [-0.2, 0) is 0 Å². The van der Waals surface area contributed by atoms with Gasteiger partial charge < -0.3 is 15.7 Å². The van der Waals surface area contributed by atoms with Gasteiger partial charge in [-0.2, -0.15) is 0 Å². The van der Waals surface area contributed by atoms with Crippen LogP contribution in [0.25, 0.3) is 0 Å². The van der Waals surface area contributed by atoms with Gasteiger partial charge in [0, 0.05) is 12.1 Å². The predicted molar refractivity (Wildman–Crippen MR) is 80.1 cm³/mol. The fourth-order valence-electron chi connectivity index (χ4n) is 2.06. The summed E-state index contributed by atoms with van der Waals surface area (Å²) >= 11 is 0. The third-order valence-corrected chi connectivity index (χ3v) is 3.19. The van der Waals surface area contributed by atoms with E-state index in [1.807, 2.05) is 6.92 Å². The largest absolute Gasteiger partial charge is 0.478 e. The van der Waals surface area contributed by atoms with Crippen molar-refractivity contribution in [2.75, 3.05) is 10.6 Å². The van der Waals surface area contributed by atoms with Gasteiger partial charge in [0.2, 0.25) is 0 Å². The molecule has 1 aliphatic rings. The number of aromatic nitrogens is 2. The SMILES string of the molecule is Cc1nc(Nc2ccccc2C(=O)O)cc(NC2CC2)n1. The molecule has 2 aromatic rings. The summed E-state index contributed by atoms with van der Waals surface area (Å²) in [4.78, 5) is 19.9. The van der Waals surface area contributed by atoms with Crippen LogP contribution in [0.2, 0.25) is 0 Å². The van der Waals surface area contributed by atoms with Crippen LogP contribution in [0, 0.1) is 6.92 Å². The van der Waals surface area contributed by atoms with Crippen molar-refractivity contribution < 1.29 is 9.90 Å². The van der Waals surface area contributed by atoms with Crippen molar-refractivity contribution in [1.82, 2.24) is 9.97 Å². The molecule has 0 aliphatic heterocycles. The number of anilines is 3. The Morgan fingerprint density at radius 3 is 2.67 bits per heavy atom. The summed E-state index contributed by atoms with van der Waals surface area (Å²) in [6, 6.07) is 9.05. The highest BCUT2D eigenvalue weighted by atomic mass is 16.4. The Morgan fingerprint density at radius 2 is 1.95 bits per heavy atom. The number of nitrogens with zero attached hydrogens (tertiary/aromatic N) is 2. The highest BCUT2D eigenvalue weighted by Gasteiger charge is 2.21. The lowest BCUT2D eigenvalue weighted by Gasteiger charge is -2.11. The Bertz CT molecular complexity index is 683. The molecule has 6 nitrogen and oxygen atoms in total. The van der Waals surface area contributed by atoms with Gasteiger partial charge in [0.05, 0.1) is 11.3 Å². The molecule has 0 spiro atoms. The first-order chi connectivity index (χ1) is 10.1. The molecular formula is C15H16N4O2. The first kappa shape index (κ1) is 13.4. The van der Waals surface area contributed by atoms with Crippen LogP contribution in [0.4, 0.5) is 17.3 Å². The fourth-order valence-corrected chi connectivity index (χ4v) is 2.06. The number of aryl methyl sites for hydroxylation is 1. The molecule has 0 amide bonds. The zero-order valence-electron chi connectivity index (χ0n) is 11.6. The van der Waals surface area contributed by atoms with Crippen LogP contribution in [-0.4, -0.2) is 27.1 Å². The quantitative estimate of drug-likeness (QED) is 0.782. The maximum absolute atomic E-state index is 11.2. The van der Waals surface area contributed by atoms with Gasteiger partial charge in [-0.1, -0.05) is 12.1 Å². The van der Waals surface area contributed by atoms with Crippen molar-refractivity contribution in [2.24, 2.45) is 0 Å². The van der Waals surface area contributed by atoms with Crippen LogP contribution < -0.4 is 10.6 Å². The zero-order valence-corrected chi connectivity index (χ0v) is 11.6. The van der Waals surface area contributed by atoms with Crippen molar-refractivity contribution in [2.45, 2.75) is 25.8 Å². The number of rotatable bonds is 5. The maximum atomic E-state index is 11.2. The fraction of sp³-hybridized carbons (Fsp3) is 0.267. The van der Waals surface area contributed by atoms with Gasteiger partial charge in [0.15, 0.2) is 0 Å². The Balaban J connectivity index is 1.87. The van der Waals surface area contributed by atoms with Gasteiger partial charge >= 0.3 is 5.97 Å². The highest BCUT2D eigenvalue weighted by molar-refractivity contribution is 5.95. The van der Waals surface area contributed by atoms with Gasteiger partial charge in [0.1, 0.15) is 17.5 Å². The van der Waals surface area contributed by atoms with Crippen molar-refractivity contribution >= 4 is 23.3 Å². The third kappa shape index (κ3) is 3.28. The van der Waals surface area contributed by atoms with E-state index in [2.05, 4.69) is 20.6 Å². The number of benzene rings is 1. The first-order valence-corrected chi connectivity index (χ1v) is 6.83. The summed E-state index contributed by atoms with van der Waals surface area (Å²) in [7, 11) is 0.